The number of ketones is 1. The Hall–Kier alpha value is -0.330. The largest absolute Gasteiger partial charge is 0.299 e. The maximum atomic E-state index is 11.5. The monoisotopic (exact) mass is 150 g/mol. The predicted octanol–water partition coefficient (Wildman–Crippen LogP) is 1.72. The minimum Gasteiger partial charge on any atom is -0.299 e. The Labute approximate surface area is 67.2 Å². The molecule has 4 fully saturated rings. The molecule has 4 bridgehead atoms. The van der Waals surface area contributed by atoms with Crippen LogP contribution < -0.4 is 0 Å². The minimum absolute atomic E-state index is 0.495. The van der Waals surface area contributed by atoms with Crippen LogP contribution >= 0.6 is 0 Å². The van der Waals surface area contributed by atoms with Gasteiger partial charge >= 0.3 is 0 Å². The first-order chi connectivity index (χ1) is 5.22. The van der Waals surface area contributed by atoms with Crippen molar-refractivity contribution >= 4 is 5.78 Å². The van der Waals surface area contributed by atoms with Gasteiger partial charge < -0.3 is 0 Å². The fraction of sp³-hybridized carbons (Fsp3) is 0.900. The quantitative estimate of drug-likeness (QED) is 0.556. The summed E-state index contributed by atoms with van der Waals surface area (Å²) in [6.07, 6.45) is 1.25. The Balaban J connectivity index is 1.97. The van der Waals surface area contributed by atoms with E-state index in [9.17, 15) is 4.79 Å². The van der Waals surface area contributed by atoms with E-state index in [1.54, 1.807) is 0 Å². The molecule has 1 nitrogen and oxygen atoms in total. The maximum Gasteiger partial charge on any atom is 0.139 e. The summed E-state index contributed by atoms with van der Waals surface area (Å²) in [5.41, 5.74) is 0. The molecule has 0 aromatic heterocycles. The third-order valence-corrected chi connectivity index (χ3v) is 4.13. The first-order valence-electron chi connectivity index (χ1n) is 4.75. The summed E-state index contributed by atoms with van der Waals surface area (Å²) in [4.78, 5) is 11.5. The molecule has 0 spiro atoms. The van der Waals surface area contributed by atoms with E-state index in [1.807, 2.05) is 0 Å². The van der Waals surface area contributed by atoms with Crippen molar-refractivity contribution in [1.29, 1.82) is 0 Å². The Morgan fingerprint density at radius 2 is 2.18 bits per heavy atom. The van der Waals surface area contributed by atoms with E-state index in [-0.39, 0.29) is 0 Å². The van der Waals surface area contributed by atoms with E-state index in [2.05, 4.69) is 13.8 Å². The highest BCUT2D eigenvalue weighted by atomic mass is 16.1. The molecule has 4 saturated carbocycles. The molecular formula is C10H14O. The van der Waals surface area contributed by atoms with Crippen LogP contribution in [0.5, 0.6) is 0 Å². The lowest BCUT2D eigenvalue weighted by atomic mass is 9.87. The van der Waals surface area contributed by atoms with Crippen LogP contribution in [0.4, 0.5) is 0 Å². The molecule has 5 atom stereocenters. The van der Waals surface area contributed by atoms with Gasteiger partial charge in [0.25, 0.3) is 0 Å². The van der Waals surface area contributed by atoms with Gasteiger partial charge in [0, 0.05) is 11.8 Å². The minimum atomic E-state index is 0.495. The normalized spacial score (nSPS) is 57.7. The van der Waals surface area contributed by atoms with Gasteiger partial charge in [-0.3, -0.25) is 4.79 Å². The van der Waals surface area contributed by atoms with E-state index in [0.29, 0.717) is 17.6 Å². The first kappa shape index (κ1) is 6.22. The van der Waals surface area contributed by atoms with E-state index in [1.165, 1.54) is 6.42 Å². The molecule has 0 heterocycles. The summed E-state index contributed by atoms with van der Waals surface area (Å²) < 4.78 is 0. The standard InChI is InChI=1S/C10H14O/c1-4(2)7-6-3-5-8(7)9(5)10(6)11/h4-9H,3H2,1-2H3. The average Bonchev–Trinajstić information content (AvgIpc) is 2.33. The molecule has 0 N–H and O–H groups in total. The third kappa shape index (κ3) is 0.502. The van der Waals surface area contributed by atoms with Gasteiger partial charge in [0.05, 0.1) is 0 Å². The van der Waals surface area contributed by atoms with E-state index >= 15 is 0 Å². The highest BCUT2D eigenvalue weighted by Crippen LogP contribution is 2.72. The second-order valence-corrected chi connectivity index (χ2v) is 4.83. The summed E-state index contributed by atoms with van der Waals surface area (Å²) in [7, 11) is 0. The SMILES string of the molecule is CC(C)C1C2CC3C(C2=O)C31. The van der Waals surface area contributed by atoms with Crippen LogP contribution in [0.25, 0.3) is 0 Å². The van der Waals surface area contributed by atoms with Crippen molar-refractivity contribution in [2.75, 3.05) is 0 Å². The zero-order valence-corrected chi connectivity index (χ0v) is 7.08. The summed E-state index contributed by atoms with van der Waals surface area (Å²) in [5, 5.41) is 0. The second-order valence-electron chi connectivity index (χ2n) is 4.83. The molecule has 1 heteroatoms. The number of carbonyl (C=O) groups is 1. The molecule has 5 unspecified atom stereocenters. The molecule has 4 rings (SSSR count). The zero-order valence-electron chi connectivity index (χ0n) is 7.08. The van der Waals surface area contributed by atoms with E-state index in [0.717, 1.165) is 23.7 Å². The fourth-order valence-electron chi connectivity index (χ4n) is 3.81. The number of hydrogen-bond acceptors (Lipinski definition) is 1. The molecular weight excluding hydrogens is 136 g/mol. The molecule has 0 aromatic carbocycles. The molecule has 0 amide bonds. The van der Waals surface area contributed by atoms with Crippen LogP contribution in [0.2, 0.25) is 0 Å². The summed E-state index contributed by atoms with van der Waals surface area (Å²) in [6.45, 7) is 4.54. The Kier molecular flexibility index (Phi) is 0.875. The molecule has 0 saturated heterocycles. The molecule has 11 heavy (non-hydrogen) atoms. The van der Waals surface area contributed by atoms with Crippen LogP contribution in [0, 0.1) is 35.5 Å². The van der Waals surface area contributed by atoms with E-state index < -0.39 is 0 Å². The number of hydrogen-bond donors (Lipinski definition) is 0. The van der Waals surface area contributed by atoms with Crippen LogP contribution in [0.15, 0.2) is 0 Å². The van der Waals surface area contributed by atoms with Crippen LogP contribution in [0.1, 0.15) is 20.3 Å². The molecule has 0 aliphatic heterocycles. The fourth-order valence-corrected chi connectivity index (χ4v) is 3.81. The number of carbonyl (C=O) groups excluding carboxylic acids is 1. The number of rotatable bonds is 1. The van der Waals surface area contributed by atoms with Gasteiger partial charge in [0.1, 0.15) is 5.78 Å². The number of Topliss-reactive ketones (excluding diaryl/α,β-unsaturated/α-hetero) is 1. The van der Waals surface area contributed by atoms with Crippen molar-refractivity contribution in [3.8, 4) is 0 Å². The lowest BCUT2D eigenvalue weighted by Gasteiger charge is -2.17. The summed E-state index contributed by atoms with van der Waals surface area (Å²) >= 11 is 0. The van der Waals surface area contributed by atoms with Gasteiger partial charge in [-0.2, -0.15) is 0 Å². The van der Waals surface area contributed by atoms with Crippen molar-refractivity contribution in [3.05, 3.63) is 0 Å². The van der Waals surface area contributed by atoms with Crippen LogP contribution in [-0.2, 0) is 4.79 Å². The predicted molar refractivity (Wildman–Crippen MR) is 41.9 cm³/mol. The van der Waals surface area contributed by atoms with Gasteiger partial charge in [-0.05, 0) is 30.1 Å². The lowest BCUT2D eigenvalue weighted by Crippen LogP contribution is -2.16. The summed E-state index contributed by atoms with van der Waals surface area (Å²) in [6, 6.07) is 0. The topological polar surface area (TPSA) is 17.1 Å². The molecule has 0 radical (unpaired) electrons. The maximum absolute atomic E-state index is 11.5. The van der Waals surface area contributed by atoms with Gasteiger partial charge in [-0.1, -0.05) is 13.8 Å². The van der Waals surface area contributed by atoms with Crippen LogP contribution in [-0.4, -0.2) is 5.78 Å². The first-order valence-corrected chi connectivity index (χ1v) is 4.75. The van der Waals surface area contributed by atoms with Crippen molar-refractivity contribution in [2.45, 2.75) is 20.3 Å². The van der Waals surface area contributed by atoms with Crippen molar-refractivity contribution in [1.82, 2.24) is 0 Å². The van der Waals surface area contributed by atoms with Gasteiger partial charge in [-0.15, -0.1) is 0 Å². The summed E-state index contributed by atoms with van der Waals surface area (Å²) in [5.74, 6) is 4.87. The average molecular weight is 150 g/mol. The molecule has 60 valence electrons. The Morgan fingerprint density at radius 3 is 2.36 bits per heavy atom. The smallest absolute Gasteiger partial charge is 0.139 e. The third-order valence-electron chi connectivity index (χ3n) is 4.13. The van der Waals surface area contributed by atoms with Crippen molar-refractivity contribution in [3.63, 3.8) is 0 Å². The second kappa shape index (κ2) is 1.55. The molecule has 4 aliphatic carbocycles. The van der Waals surface area contributed by atoms with Gasteiger partial charge in [0.2, 0.25) is 0 Å². The highest BCUT2D eigenvalue weighted by molar-refractivity contribution is 5.93. The highest BCUT2D eigenvalue weighted by Gasteiger charge is 2.73. The molecule has 4 aliphatic rings. The van der Waals surface area contributed by atoms with Gasteiger partial charge in [-0.25, -0.2) is 0 Å². The van der Waals surface area contributed by atoms with Crippen molar-refractivity contribution in [2.24, 2.45) is 35.5 Å². The van der Waals surface area contributed by atoms with Gasteiger partial charge in [0.15, 0.2) is 0 Å². The zero-order chi connectivity index (χ0) is 7.75. The molecule has 0 aromatic rings. The lowest BCUT2D eigenvalue weighted by molar-refractivity contribution is -0.121. The Morgan fingerprint density at radius 1 is 1.45 bits per heavy atom. The van der Waals surface area contributed by atoms with Crippen molar-refractivity contribution < 1.29 is 4.79 Å². The van der Waals surface area contributed by atoms with Crippen LogP contribution in [0.3, 0.4) is 0 Å². The van der Waals surface area contributed by atoms with E-state index in [4.69, 9.17) is 0 Å². The Bertz CT molecular complexity index is 231.